The fourth-order valence-corrected chi connectivity index (χ4v) is 2.64. The van der Waals surface area contributed by atoms with E-state index < -0.39 is 18.3 Å². The molecule has 1 heterocycles. The molecule has 8 nitrogen and oxygen atoms in total. The molecular weight excluding hydrogens is 372 g/mol. The first-order valence-corrected chi connectivity index (χ1v) is 9.57. The Hall–Kier alpha value is -3.21. The molecule has 1 aliphatic carbocycles. The lowest BCUT2D eigenvalue weighted by molar-refractivity contribution is 0.0977. The molecule has 2 fully saturated rings. The van der Waals surface area contributed by atoms with Gasteiger partial charge in [-0.05, 0) is 31.9 Å². The van der Waals surface area contributed by atoms with Crippen molar-refractivity contribution < 1.29 is 19.1 Å². The SMILES string of the molecule is C=C(N)N(CC1CN(C(/C=C\C)=C/C=CC2(C#N)CC2)C(=O)O1)C(=O)OC.CC. The second-order valence-corrected chi connectivity index (χ2v) is 6.41. The fraction of sp³-hybridized carbons (Fsp3) is 0.476. The van der Waals surface area contributed by atoms with E-state index in [1.165, 1.54) is 12.0 Å². The molecule has 0 aromatic carbocycles. The van der Waals surface area contributed by atoms with E-state index in [-0.39, 0.29) is 24.3 Å². The van der Waals surface area contributed by atoms with Crippen LogP contribution in [0.1, 0.15) is 33.6 Å². The Bertz CT molecular complexity index is 744. The number of methoxy groups -OCH3 is 1. The van der Waals surface area contributed by atoms with Gasteiger partial charge in [-0.2, -0.15) is 5.26 Å². The monoisotopic (exact) mass is 402 g/mol. The van der Waals surface area contributed by atoms with Crippen LogP contribution in [0.15, 0.2) is 48.5 Å². The highest BCUT2D eigenvalue weighted by Gasteiger charge is 2.40. The summed E-state index contributed by atoms with van der Waals surface area (Å²) in [5.41, 5.74) is 5.88. The predicted molar refractivity (Wildman–Crippen MR) is 110 cm³/mol. The molecule has 0 aromatic heterocycles. The van der Waals surface area contributed by atoms with Gasteiger partial charge in [0, 0.05) is 5.70 Å². The molecule has 1 aliphatic heterocycles. The van der Waals surface area contributed by atoms with E-state index in [4.69, 9.17) is 15.7 Å². The van der Waals surface area contributed by atoms with Crippen molar-refractivity contribution in [3.05, 3.63) is 48.5 Å². The van der Waals surface area contributed by atoms with Gasteiger partial charge in [0.2, 0.25) is 0 Å². The summed E-state index contributed by atoms with van der Waals surface area (Å²) >= 11 is 0. The molecule has 2 aliphatic rings. The molecule has 0 bridgehead atoms. The molecule has 1 saturated carbocycles. The highest BCUT2D eigenvalue weighted by molar-refractivity contribution is 5.74. The van der Waals surface area contributed by atoms with E-state index in [9.17, 15) is 9.59 Å². The van der Waals surface area contributed by atoms with Crippen molar-refractivity contribution in [1.82, 2.24) is 9.80 Å². The topological polar surface area (TPSA) is 109 Å². The number of carbonyl (C=O) groups is 2. The lowest BCUT2D eigenvalue weighted by Crippen LogP contribution is -2.40. The van der Waals surface area contributed by atoms with Crippen LogP contribution in [0, 0.1) is 16.7 Å². The molecule has 2 amide bonds. The summed E-state index contributed by atoms with van der Waals surface area (Å²) < 4.78 is 10.0. The summed E-state index contributed by atoms with van der Waals surface area (Å²) in [4.78, 5) is 26.6. The van der Waals surface area contributed by atoms with Crippen LogP contribution in [0.3, 0.4) is 0 Å². The first-order valence-electron chi connectivity index (χ1n) is 9.57. The van der Waals surface area contributed by atoms with Crippen molar-refractivity contribution in [2.45, 2.75) is 39.7 Å². The van der Waals surface area contributed by atoms with Gasteiger partial charge in [0.15, 0.2) is 0 Å². The van der Waals surface area contributed by atoms with Gasteiger partial charge in [0.1, 0.15) is 11.9 Å². The number of carbonyl (C=O) groups excluding carboxylic acids is 2. The Labute approximate surface area is 172 Å². The van der Waals surface area contributed by atoms with Crippen molar-refractivity contribution in [2.75, 3.05) is 20.2 Å². The number of nitriles is 1. The second-order valence-electron chi connectivity index (χ2n) is 6.41. The number of nitrogens with zero attached hydrogens (tertiary/aromatic N) is 3. The summed E-state index contributed by atoms with van der Waals surface area (Å²) in [5.74, 6) is 0.00902. The Morgan fingerprint density at radius 1 is 1.52 bits per heavy atom. The van der Waals surface area contributed by atoms with E-state index >= 15 is 0 Å². The van der Waals surface area contributed by atoms with E-state index in [0.29, 0.717) is 5.70 Å². The third-order valence-electron chi connectivity index (χ3n) is 4.34. The zero-order valence-corrected chi connectivity index (χ0v) is 17.6. The average Bonchev–Trinajstić information content (AvgIpc) is 3.41. The minimum Gasteiger partial charge on any atom is -0.452 e. The lowest BCUT2D eigenvalue weighted by Gasteiger charge is -2.22. The number of hydrogen-bond acceptors (Lipinski definition) is 6. The Balaban J connectivity index is 0.00000204. The average molecular weight is 402 g/mol. The highest BCUT2D eigenvalue weighted by atomic mass is 16.6. The van der Waals surface area contributed by atoms with Gasteiger partial charge in [0.25, 0.3) is 0 Å². The van der Waals surface area contributed by atoms with Crippen molar-refractivity contribution >= 4 is 12.2 Å². The maximum absolute atomic E-state index is 12.3. The van der Waals surface area contributed by atoms with Gasteiger partial charge in [-0.3, -0.25) is 9.80 Å². The third kappa shape index (κ3) is 6.42. The second kappa shape index (κ2) is 11.0. The minimum absolute atomic E-state index is 0.00902. The van der Waals surface area contributed by atoms with Crippen LogP contribution in [0.5, 0.6) is 0 Å². The molecule has 0 spiro atoms. The maximum Gasteiger partial charge on any atom is 0.415 e. The van der Waals surface area contributed by atoms with Crippen molar-refractivity contribution in [3.8, 4) is 6.07 Å². The van der Waals surface area contributed by atoms with Crippen LogP contribution < -0.4 is 5.73 Å². The molecule has 8 heteroatoms. The standard InChI is InChI=1S/C19H24N4O4.C2H6/c1-4-6-15(7-5-8-19(13-20)9-10-19)23-12-16(27-18(23)25)11-22(14(2)21)17(24)26-3;1-2/h4-8,16H,2,9-12,21H2,1,3H3;1-2H3/b6-4-,8-5?,15-7+;. The molecular formula is C21H30N4O4. The van der Waals surface area contributed by atoms with Crippen LogP contribution in [0.25, 0.3) is 0 Å². The first kappa shape index (κ1) is 23.8. The fourth-order valence-electron chi connectivity index (χ4n) is 2.64. The summed E-state index contributed by atoms with van der Waals surface area (Å²) in [6, 6.07) is 2.28. The van der Waals surface area contributed by atoms with Crippen molar-refractivity contribution in [2.24, 2.45) is 11.1 Å². The minimum atomic E-state index is -0.671. The van der Waals surface area contributed by atoms with Crippen LogP contribution in [-0.2, 0) is 9.47 Å². The zero-order chi connectivity index (χ0) is 22.0. The highest BCUT2D eigenvalue weighted by Crippen LogP contribution is 2.46. The number of rotatable bonds is 7. The van der Waals surface area contributed by atoms with E-state index in [1.807, 2.05) is 26.8 Å². The van der Waals surface area contributed by atoms with Crippen LogP contribution in [0.4, 0.5) is 9.59 Å². The smallest absolute Gasteiger partial charge is 0.415 e. The molecule has 2 N–H and O–H groups in total. The summed E-state index contributed by atoms with van der Waals surface area (Å²) in [7, 11) is 1.23. The maximum atomic E-state index is 12.3. The summed E-state index contributed by atoms with van der Waals surface area (Å²) in [5, 5.41) is 9.13. The lowest BCUT2D eigenvalue weighted by atomic mass is 10.1. The largest absolute Gasteiger partial charge is 0.452 e. The molecule has 0 aromatic rings. The number of cyclic esters (lactones) is 1. The van der Waals surface area contributed by atoms with Crippen LogP contribution in [-0.4, -0.2) is 48.3 Å². The zero-order valence-electron chi connectivity index (χ0n) is 17.6. The molecule has 2 rings (SSSR count). The van der Waals surface area contributed by atoms with E-state index in [2.05, 4.69) is 17.4 Å². The Morgan fingerprint density at radius 3 is 2.66 bits per heavy atom. The van der Waals surface area contributed by atoms with Gasteiger partial charge in [-0.25, -0.2) is 9.59 Å². The molecule has 158 valence electrons. The molecule has 0 radical (unpaired) electrons. The quantitative estimate of drug-likeness (QED) is 0.651. The van der Waals surface area contributed by atoms with Crippen molar-refractivity contribution in [1.29, 1.82) is 5.26 Å². The van der Waals surface area contributed by atoms with Gasteiger partial charge < -0.3 is 15.2 Å². The van der Waals surface area contributed by atoms with E-state index in [1.54, 1.807) is 24.3 Å². The Kier molecular flexibility index (Phi) is 9.00. The van der Waals surface area contributed by atoms with Gasteiger partial charge in [-0.1, -0.05) is 38.7 Å². The van der Waals surface area contributed by atoms with Gasteiger partial charge >= 0.3 is 12.2 Å². The number of ether oxygens (including phenoxy) is 2. The first-order chi connectivity index (χ1) is 13.9. The molecule has 1 unspecified atom stereocenters. The summed E-state index contributed by atoms with van der Waals surface area (Å²) in [6.07, 6.45) is 8.92. The summed E-state index contributed by atoms with van der Waals surface area (Å²) in [6.45, 7) is 9.66. The van der Waals surface area contributed by atoms with Gasteiger partial charge in [-0.15, -0.1) is 0 Å². The van der Waals surface area contributed by atoms with Gasteiger partial charge in [0.05, 0.1) is 31.7 Å². The third-order valence-corrected chi connectivity index (χ3v) is 4.34. The van der Waals surface area contributed by atoms with Crippen molar-refractivity contribution in [3.63, 3.8) is 0 Å². The Morgan fingerprint density at radius 2 is 2.17 bits per heavy atom. The number of allylic oxidation sites excluding steroid dienone is 5. The number of amides is 2. The number of nitrogens with two attached hydrogens (primary N) is 1. The normalized spacial score (nSPS) is 20.0. The van der Waals surface area contributed by atoms with Crippen LogP contribution in [0.2, 0.25) is 0 Å². The molecule has 1 atom stereocenters. The van der Waals surface area contributed by atoms with Crippen LogP contribution >= 0.6 is 0 Å². The molecule has 1 saturated heterocycles. The molecule has 29 heavy (non-hydrogen) atoms. The van der Waals surface area contributed by atoms with E-state index in [0.717, 1.165) is 17.7 Å². The predicted octanol–water partition coefficient (Wildman–Crippen LogP) is 3.65. The number of hydrogen-bond donors (Lipinski definition) is 1.